The third-order valence-electron chi connectivity index (χ3n) is 5.13. The molecule has 2 rings (SSSR count). The summed E-state index contributed by atoms with van der Waals surface area (Å²) in [5.41, 5.74) is -0.226. The normalized spacial score (nSPS) is 26.2. The van der Waals surface area contributed by atoms with Crippen molar-refractivity contribution in [1.82, 2.24) is 10.2 Å². The highest BCUT2D eigenvalue weighted by Crippen LogP contribution is 2.30. The number of ether oxygens (including phenoxy) is 1. The van der Waals surface area contributed by atoms with E-state index in [9.17, 15) is 13.5 Å². The van der Waals surface area contributed by atoms with E-state index in [4.69, 9.17) is 9.73 Å². The van der Waals surface area contributed by atoms with Gasteiger partial charge in [0, 0.05) is 38.3 Å². The molecule has 0 saturated carbocycles. The topological polar surface area (TPSA) is 91.2 Å². The maximum atomic E-state index is 12.2. The van der Waals surface area contributed by atoms with Crippen LogP contribution < -0.4 is 5.32 Å². The molecule has 24 heavy (non-hydrogen) atoms. The molecule has 8 heteroatoms. The molecule has 0 aliphatic carbocycles. The van der Waals surface area contributed by atoms with Crippen LogP contribution in [0.4, 0.5) is 0 Å². The van der Waals surface area contributed by atoms with Crippen LogP contribution in [-0.2, 0) is 14.6 Å². The monoisotopic (exact) mass is 361 g/mol. The average Bonchev–Trinajstić information content (AvgIpc) is 2.55. The van der Waals surface area contributed by atoms with E-state index in [1.54, 1.807) is 13.8 Å². The Balaban J connectivity index is 2.14. The predicted octanol–water partition coefficient (Wildman–Crippen LogP) is 0.250. The lowest BCUT2D eigenvalue weighted by Gasteiger charge is -2.40. The largest absolute Gasteiger partial charge is 0.396 e. The Bertz CT molecular complexity index is 554. The van der Waals surface area contributed by atoms with Gasteiger partial charge in [-0.2, -0.15) is 0 Å². The first-order chi connectivity index (χ1) is 11.3. The molecule has 2 fully saturated rings. The molecule has 2 aliphatic rings. The molecule has 7 nitrogen and oxygen atoms in total. The van der Waals surface area contributed by atoms with E-state index in [0.29, 0.717) is 32.8 Å². The molecule has 0 aromatic carbocycles. The Labute approximate surface area is 145 Å². The molecule has 2 heterocycles. The van der Waals surface area contributed by atoms with Crippen molar-refractivity contribution < 1.29 is 18.3 Å². The molecule has 0 spiro atoms. The molecule has 0 amide bonds. The standard InChI is InChI=1S/C16H31N3O4S/c1-4-17-14(18-11-16(13-20)5-8-23-9-6-16)19-7-10-24(21,22)15(2,3)12-19/h20H,4-13H2,1-3H3,(H,17,18). The van der Waals surface area contributed by atoms with Crippen molar-refractivity contribution in [2.24, 2.45) is 10.4 Å². The molecule has 0 unspecified atom stereocenters. The van der Waals surface area contributed by atoms with E-state index in [0.717, 1.165) is 25.3 Å². The summed E-state index contributed by atoms with van der Waals surface area (Å²) in [6.07, 6.45) is 1.60. The van der Waals surface area contributed by atoms with Gasteiger partial charge in [0.2, 0.25) is 0 Å². The van der Waals surface area contributed by atoms with Gasteiger partial charge in [0.1, 0.15) is 0 Å². The van der Waals surface area contributed by atoms with Gasteiger partial charge in [0.05, 0.1) is 23.7 Å². The summed E-state index contributed by atoms with van der Waals surface area (Å²) in [4.78, 5) is 6.76. The zero-order chi connectivity index (χ0) is 17.8. The Morgan fingerprint density at radius 2 is 2.00 bits per heavy atom. The van der Waals surface area contributed by atoms with Crippen LogP contribution in [-0.4, -0.2) is 80.9 Å². The molecule has 2 N–H and O–H groups in total. The van der Waals surface area contributed by atoms with E-state index >= 15 is 0 Å². The molecule has 0 aromatic heterocycles. The van der Waals surface area contributed by atoms with Crippen molar-refractivity contribution >= 4 is 15.8 Å². The highest BCUT2D eigenvalue weighted by molar-refractivity contribution is 7.92. The number of aliphatic imine (C=N–C) groups is 1. The number of sulfone groups is 1. The number of aliphatic hydroxyl groups is 1. The summed E-state index contributed by atoms with van der Waals surface area (Å²) in [5, 5.41) is 13.1. The zero-order valence-corrected chi connectivity index (χ0v) is 15.9. The molecule has 0 aromatic rings. The fourth-order valence-corrected chi connectivity index (χ4v) is 4.53. The molecular weight excluding hydrogens is 330 g/mol. The minimum absolute atomic E-state index is 0.0964. The summed E-state index contributed by atoms with van der Waals surface area (Å²) in [5.74, 6) is 0.878. The molecule has 0 radical (unpaired) electrons. The van der Waals surface area contributed by atoms with Crippen molar-refractivity contribution in [3.8, 4) is 0 Å². The average molecular weight is 362 g/mol. The maximum Gasteiger partial charge on any atom is 0.194 e. The van der Waals surface area contributed by atoms with Crippen LogP contribution in [0, 0.1) is 5.41 Å². The minimum Gasteiger partial charge on any atom is -0.396 e. The van der Waals surface area contributed by atoms with E-state index in [2.05, 4.69) is 5.32 Å². The minimum atomic E-state index is -3.08. The quantitative estimate of drug-likeness (QED) is 0.551. The van der Waals surface area contributed by atoms with Crippen molar-refractivity contribution in [3.63, 3.8) is 0 Å². The summed E-state index contributed by atoms with van der Waals surface area (Å²) in [7, 11) is -3.08. The van der Waals surface area contributed by atoms with Crippen LogP contribution in [0.15, 0.2) is 4.99 Å². The number of nitrogens with zero attached hydrogens (tertiary/aromatic N) is 2. The van der Waals surface area contributed by atoms with Crippen molar-refractivity contribution in [2.75, 3.05) is 51.8 Å². The van der Waals surface area contributed by atoms with Gasteiger partial charge in [-0.15, -0.1) is 0 Å². The van der Waals surface area contributed by atoms with Gasteiger partial charge in [0.15, 0.2) is 15.8 Å². The SMILES string of the molecule is CCNC(=NCC1(CO)CCOCC1)N1CCS(=O)(=O)C(C)(C)C1. The summed E-state index contributed by atoms with van der Waals surface area (Å²) >= 11 is 0. The maximum absolute atomic E-state index is 12.2. The molecule has 2 aliphatic heterocycles. The molecular formula is C16H31N3O4S. The lowest BCUT2D eigenvalue weighted by Crippen LogP contribution is -2.57. The highest BCUT2D eigenvalue weighted by Gasteiger charge is 2.41. The summed E-state index contributed by atoms with van der Waals surface area (Å²) in [6.45, 7) is 9.07. The third kappa shape index (κ3) is 4.21. The zero-order valence-electron chi connectivity index (χ0n) is 15.0. The smallest absolute Gasteiger partial charge is 0.194 e. The van der Waals surface area contributed by atoms with Gasteiger partial charge in [-0.25, -0.2) is 8.42 Å². The fourth-order valence-electron chi connectivity index (χ4n) is 3.16. The number of nitrogens with one attached hydrogen (secondary N) is 1. The summed E-state index contributed by atoms with van der Waals surface area (Å²) in [6, 6.07) is 0. The predicted molar refractivity (Wildman–Crippen MR) is 95.0 cm³/mol. The first-order valence-electron chi connectivity index (χ1n) is 8.69. The van der Waals surface area contributed by atoms with E-state index < -0.39 is 14.6 Å². The molecule has 0 bridgehead atoms. The van der Waals surface area contributed by atoms with E-state index in [1.807, 2.05) is 11.8 Å². The van der Waals surface area contributed by atoms with Gasteiger partial charge in [-0.05, 0) is 33.6 Å². The van der Waals surface area contributed by atoms with Crippen LogP contribution in [0.1, 0.15) is 33.6 Å². The van der Waals surface area contributed by atoms with Gasteiger partial charge in [0.25, 0.3) is 0 Å². The van der Waals surface area contributed by atoms with Gasteiger partial charge in [-0.3, -0.25) is 4.99 Å². The second-order valence-corrected chi connectivity index (χ2v) is 10.2. The lowest BCUT2D eigenvalue weighted by molar-refractivity contribution is -0.0107. The fraction of sp³-hybridized carbons (Fsp3) is 0.938. The number of hydrogen-bond donors (Lipinski definition) is 2. The number of hydrogen-bond acceptors (Lipinski definition) is 5. The second-order valence-electron chi connectivity index (χ2n) is 7.44. The van der Waals surface area contributed by atoms with E-state index in [1.165, 1.54) is 0 Å². The van der Waals surface area contributed by atoms with Crippen LogP contribution >= 0.6 is 0 Å². The Hall–Kier alpha value is -0.860. The number of rotatable bonds is 4. The van der Waals surface area contributed by atoms with Crippen LogP contribution in [0.25, 0.3) is 0 Å². The van der Waals surface area contributed by atoms with Crippen LogP contribution in [0.2, 0.25) is 0 Å². The highest BCUT2D eigenvalue weighted by atomic mass is 32.2. The number of guanidine groups is 1. The van der Waals surface area contributed by atoms with Crippen molar-refractivity contribution in [2.45, 2.75) is 38.4 Å². The molecule has 140 valence electrons. The van der Waals surface area contributed by atoms with Crippen LogP contribution in [0.5, 0.6) is 0 Å². The van der Waals surface area contributed by atoms with Gasteiger partial charge < -0.3 is 20.1 Å². The van der Waals surface area contributed by atoms with Crippen molar-refractivity contribution in [1.29, 1.82) is 0 Å². The Morgan fingerprint density at radius 3 is 2.54 bits per heavy atom. The first-order valence-corrected chi connectivity index (χ1v) is 10.3. The Kier molecular flexibility index (Phi) is 6.14. The first kappa shape index (κ1) is 19.5. The lowest BCUT2D eigenvalue weighted by atomic mass is 9.81. The second kappa shape index (κ2) is 7.58. The third-order valence-corrected chi connectivity index (χ3v) is 7.66. The molecule has 2 saturated heterocycles. The number of aliphatic hydroxyl groups excluding tert-OH is 1. The molecule has 0 atom stereocenters. The van der Waals surface area contributed by atoms with E-state index in [-0.39, 0.29) is 17.8 Å². The van der Waals surface area contributed by atoms with Gasteiger partial charge in [-0.1, -0.05) is 0 Å². The van der Waals surface area contributed by atoms with Crippen LogP contribution in [0.3, 0.4) is 0 Å². The van der Waals surface area contributed by atoms with Crippen molar-refractivity contribution in [3.05, 3.63) is 0 Å². The Morgan fingerprint density at radius 1 is 1.33 bits per heavy atom. The summed E-state index contributed by atoms with van der Waals surface area (Å²) < 4.78 is 29.0. The van der Waals surface area contributed by atoms with Gasteiger partial charge >= 0.3 is 0 Å².